The van der Waals surface area contributed by atoms with Crippen molar-refractivity contribution in [2.75, 3.05) is 6.54 Å². The summed E-state index contributed by atoms with van der Waals surface area (Å²) in [5, 5.41) is 3.64. The molecule has 130 valence electrons. The Bertz CT molecular complexity index is 810. The zero-order chi connectivity index (χ0) is 18.0. The second-order valence-electron chi connectivity index (χ2n) is 6.18. The standard InChI is InChI=1S/C19H16Cl2FNO2/c20-16-6-3-13(9-17(16)21)19(10-14(19)11-24)18(25)23-8-7-12-1-4-15(22)5-2-12/h1-6,9,11,14H,7-8,10H2,(H,23,25)/t14-,19+/m0/s1. The monoisotopic (exact) mass is 379 g/mol. The van der Waals surface area contributed by atoms with E-state index in [0.29, 0.717) is 35.0 Å². The molecule has 0 spiro atoms. The minimum Gasteiger partial charge on any atom is -0.355 e. The molecule has 0 heterocycles. The molecule has 3 rings (SSSR count). The molecular weight excluding hydrogens is 364 g/mol. The zero-order valence-electron chi connectivity index (χ0n) is 13.3. The van der Waals surface area contributed by atoms with E-state index in [0.717, 1.165) is 11.8 Å². The lowest BCUT2D eigenvalue weighted by atomic mass is 9.92. The van der Waals surface area contributed by atoms with E-state index < -0.39 is 5.41 Å². The highest BCUT2D eigenvalue weighted by Gasteiger charge is 2.61. The number of amides is 1. The maximum Gasteiger partial charge on any atom is 0.231 e. The molecule has 0 aliphatic heterocycles. The fraction of sp³-hybridized carbons (Fsp3) is 0.263. The normalized spacial score (nSPS) is 21.6. The van der Waals surface area contributed by atoms with Crippen LogP contribution in [0.25, 0.3) is 0 Å². The molecule has 3 nitrogen and oxygen atoms in total. The molecule has 2 aromatic carbocycles. The Kier molecular flexibility index (Phi) is 5.11. The third kappa shape index (κ3) is 3.55. The molecule has 0 bridgehead atoms. The molecule has 1 aliphatic rings. The topological polar surface area (TPSA) is 46.2 Å². The van der Waals surface area contributed by atoms with Crippen LogP contribution in [-0.2, 0) is 21.4 Å². The number of carbonyl (C=O) groups is 2. The van der Waals surface area contributed by atoms with Gasteiger partial charge < -0.3 is 10.1 Å². The van der Waals surface area contributed by atoms with Crippen LogP contribution in [0.3, 0.4) is 0 Å². The molecule has 25 heavy (non-hydrogen) atoms. The van der Waals surface area contributed by atoms with E-state index in [2.05, 4.69) is 5.32 Å². The third-order valence-electron chi connectivity index (χ3n) is 4.63. The van der Waals surface area contributed by atoms with Crippen molar-refractivity contribution in [3.05, 3.63) is 69.5 Å². The molecule has 0 unspecified atom stereocenters. The van der Waals surface area contributed by atoms with Crippen molar-refractivity contribution in [1.82, 2.24) is 5.32 Å². The van der Waals surface area contributed by atoms with Crippen molar-refractivity contribution in [1.29, 1.82) is 0 Å². The second kappa shape index (κ2) is 7.14. The first kappa shape index (κ1) is 17.9. The number of hydrogen-bond acceptors (Lipinski definition) is 2. The van der Waals surface area contributed by atoms with Crippen LogP contribution in [0.15, 0.2) is 42.5 Å². The van der Waals surface area contributed by atoms with Crippen molar-refractivity contribution in [2.24, 2.45) is 5.92 Å². The van der Waals surface area contributed by atoms with Crippen LogP contribution in [0.5, 0.6) is 0 Å². The van der Waals surface area contributed by atoms with Gasteiger partial charge in [-0.05, 0) is 48.2 Å². The summed E-state index contributed by atoms with van der Waals surface area (Å²) in [6.45, 7) is 0.402. The van der Waals surface area contributed by atoms with E-state index in [1.807, 2.05) is 0 Å². The van der Waals surface area contributed by atoms with Gasteiger partial charge in [-0.3, -0.25) is 4.79 Å². The third-order valence-corrected chi connectivity index (χ3v) is 5.37. The van der Waals surface area contributed by atoms with E-state index in [4.69, 9.17) is 23.2 Å². The summed E-state index contributed by atoms with van der Waals surface area (Å²) >= 11 is 12.0. The fourth-order valence-corrected chi connectivity index (χ4v) is 3.38. The molecule has 1 amide bonds. The molecule has 0 aromatic heterocycles. The number of rotatable bonds is 6. The lowest BCUT2D eigenvalue weighted by Crippen LogP contribution is -2.37. The lowest BCUT2D eigenvalue weighted by Gasteiger charge is -2.17. The minimum absolute atomic E-state index is 0.204. The van der Waals surface area contributed by atoms with Crippen molar-refractivity contribution in [2.45, 2.75) is 18.3 Å². The zero-order valence-corrected chi connectivity index (χ0v) is 14.8. The smallest absolute Gasteiger partial charge is 0.231 e. The quantitative estimate of drug-likeness (QED) is 0.772. The Morgan fingerprint density at radius 3 is 2.52 bits per heavy atom. The van der Waals surface area contributed by atoms with Crippen LogP contribution < -0.4 is 5.32 Å². The predicted octanol–water partition coefficient (Wildman–Crippen LogP) is 3.95. The van der Waals surface area contributed by atoms with E-state index in [1.54, 1.807) is 30.3 Å². The van der Waals surface area contributed by atoms with Gasteiger partial charge in [-0.1, -0.05) is 41.4 Å². The molecule has 6 heteroatoms. The first-order valence-corrected chi connectivity index (χ1v) is 8.66. The highest BCUT2D eigenvalue weighted by Crippen LogP contribution is 2.54. The van der Waals surface area contributed by atoms with Crippen molar-refractivity contribution >= 4 is 35.4 Å². The number of nitrogens with one attached hydrogen (secondary N) is 1. The van der Waals surface area contributed by atoms with E-state index in [9.17, 15) is 14.0 Å². The van der Waals surface area contributed by atoms with Crippen LogP contribution in [-0.4, -0.2) is 18.7 Å². The number of halogens is 3. The van der Waals surface area contributed by atoms with Gasteiger partial charge >= 0.3 is 0 Å². The summed E-state index contributed by atoms with van der Waals surface area (Å²) in [5.74, 6) is -0.862. The van der Waals surface area contributed by atoms with Crippen LogP contribution >= 0.6 is 23.2 Å². The van der Waals surface area contributed by atoms with Gasteiger partial charge in [0.05, 0.1) is 15.5 Å². The van der Waals surface area contributed by atoms with Gasteiger partial charge in [0.1, 0.15) is 12.1 Å². The molecular formula is C19H16Cl2FNO2. The van der Waals surface area contributed by atoms with Crippen molar-refractivity contribution < 1.29 is 14.0 Å². The van der Waals surface area contributed by atoms with Crippen LogP contribution in [0, 0.1) is 11.7 Å². The Morgan fingerprint density at radius 1 is 1.20 bits per heavy atom. The number of benzene rings is 2. The molecule has 1 aliphatic carbocycles. The van der Waals surface area contributed by atoms with Gasteiger partial charge in [-0.15, -0.1) is 0 Å². The predicted molar refractivity (Wildman–Crippen MR) is 95.4 cm³/mol. The highest BCUT2D eigenvalue weighted by molar-refractivity contribution is 6.42. The average molecular weight is 380 g/mol. The summed E-state index contributed by atoms with van der Waals surface area (Å²) in [4.78, 5) is 24.0. The van der Waals surface area contributed by atoms with E-state index >= 15 is 0 Å². The van der Waals surface area contributed by atoms with E-state index in [1.165, 1.54) is 12.1 Å². The highest BCUT2D eigenvalue weighted by atomic mass is 35.5. The molecule has 2 aromatic rings. The summed E-state index contributed by atoms with van der Waals surface area (Å²) < 4.78 is 12.9. The average Bonchev–Trinajstić information content (AvgIpc) is 3.35. The Balaban J connectivity index is 1.70. The Labute approximate surface area is 155 Å². The lowest BCUT2D eigenvalue weighted by molar-refractivity contribution is -0.125. The largest absolute Gasteiger partial charge is 0.355 e. The Morgan fingerprint density at radius 2 is 1.92 bits per heavy atom. The maximum absolute atomic E-state index is 12.9. The Hall–Kier alpha value is -1.91. The summed E-state index contributed by atoms with van der Waals surface area (Å²) in [5.41, 5.74) is 0.741. The summed E-state index contributed by atoms with van der Waals surface area (Å²) in [7, 11) is 0. The number of aldehydes is 1. The van der Waals surface area contributed by atoms with Crippen LogP contribution in [0.1, 0.15) is 17.5 Å². The molecule has 0 saturated heterocycles. The van der Waals surface area contributed by atoms with Gasteiger partial charge in [0.25, 0.3) is 0 Å². The SMILES string of the molecule is O=C[C@@H]1C[C@@]1(C(=O)NCCc1ccc(F)cc1)c1ccc(Cl)c(Cl)c1. The molecule has 0 radical (unpaired) electrons. The maximum atomic E-state index is 12.9. The summed E-state index contributed by atoms with van der Waals surface area (Å²) in [6, 6.07) is 11.1. The van der Waals surface area contributed by atoms with Crippen LogP contribution in [0.2, 0.25) is 10.0 Å². The first-order chi connectivity index (χ1) is 12.0. The van der Waals surface area contributed by atoms with Gasteiger partial charge in [-0.25, -0.2) is 4.39 Å². The van der Waals surface area contributed by atoms with Gasteiger partial charge in [0.2, 0.25) is 5.91 Å². The van der Waals surface area contributed by atoms with Gasteiger partial charge in [0.15, 0.2) is 0 Å². The number of carbonyl (C=O) groups excluding carboxylic acids is 2. The first-order valence-electron chi connectivity index (χ1n) is 7.91. The fourth-order valence-electron chi connectivity index (χ4n) is 3.08. The van der Waals surface area contributed by atoms with Gasteiger partial charge in [0, 0.05) is 12.5 Å². The molecule has 2 atom stereocenters. The second-order valence-corrected chi connectivity index (χ2v) is 6.99. The minimum atomic E-state index is -0.876. The summed E-state index contributed by atoms with van der Waals surface area (Å²) in [6.07, 6.45) is 1.84. The molecule has 1 saturated carbocycles. The van der Waals surface area contributed by atoms with Crippen molar-refractivity contribution in [3.63, 3.8) is 0 Å². The van der Waals surface area contributed by atoms with Crippen LogP contribution in [0.4, 0.5) is 4.39 Å². The van der Waals surface area contributed by atoms with Gasteiger partial charge in [-0.2, -0.15) is 0 Å². The van der Waals surface area contributed by atoms with Crippen molar-refractivity contribution in [3.8, 4) is 0 Å². The number of hydrogen-bond donors (Lipinski definition) is 1. The molecule has 1 N–H and O–H groups in total. The van der Waals surface area contributed by atoms with E-state index in [-0.39, 0.29) is 17.6 Å². The molecule has 1 fully saturated rings.